The lowest BCUT2D eigenvalue weighted by atomic mass is 9.84. The van der Waals surface area contributed by atoms with Crippen molar-refractivity contribution in [1.29, 1.82) is 0 Å². The van der Waals surface area contributed by atoms with E-state index >= 15 is 0 Å². The van der Waals surface area contributed by atoms with Crippen molar-refractivity contribution in [1.82, 2.24) is 10.2 Å². The minimum absolute atomic E-state index is 0.0127. The SMILES string of the molecule is NC(=O)CN1CCC(NC(=O)C2CCCCC2N)CC1. The maximum atomic E-state index is 12.3. The van der Waals surface area contributed by atoms with Gasteiger partial charge in [0.15, 0.2) is 0 Å². The molecule has 0 bridgehead atoms. The van der Waals surface area contributed by atoms with E-state index in [2.05, 4.69) is 5.32 Å². The highest BCUT2D eigenvalue weighted by molar-refractivity contribution is 5.79. The van der Waals surface area contributed by atoms with Gasteiger partial charge in [0.05, 0.1) is 12.5 Å². The molecule has 20 heavy (non-hydrogen) atoms. The smallest absolute Gasteiger partial charge is 0.231 e. The highest BCUT2D eigenvalue weighted by Crippen LogP contribution is 2.23. The number of likely N-dealkylation sites (tertiary alicyclic amines) is 1. The first-order chi connectivity index (χ1) is 9.56. The van der Waals surface area contributed by atoms with Gasteiger partial charge in [-0.2, -0.15) is 0 Å². The van der Waals surface area contributed by atoms with E-state index in [1.807, 2.05) is 4.90 Å². The van der Waals surface area contributed by atoms with Gasteiger partial charge in [0.25, 0.3) is 0 Å². The summed E-state index contributed by atoms with van der Waals surface area (Å²) < 4.78 is 0. The van der Waals surface area contributed by atoms with Crippen molar-refractivity contribution in [3.63, 3.8) is 0 Å². The Morgan fingerprint density at radius 2 is 1.75 bits per heavy atom. The molecule has 1 saturated carbocycles. The molecule has 114 valence electrons. The number of nitrogens with two attached hydrogens (primary N) is 2. The Kier molecular flexibility index (Phi) is 5.37. The third-order valence-corrected chi connectivity index (χ3v) is 4.47. The number of hydrogen-bond acceptors (Lipinski definition) is 4. The fraction of sp³-hybridized carbons (Fsp3) is 0.857. The van der Waals surface area contributed by atoms with Crippen molar-refractivity contribution in [3.05, 3.63) is 0 Å². The molecule has 0 aromatic carbocycles. The highest BCUT2D eigenvalue weighted by Gasteiger charge is 2.30. The average molecular weight is 282 g/mol. The van der Waals surface area contributed by atoms with Crippen LogP contribution in [0.3, 0.4) is 0 Å². The molecular weight excluding hydrogens is 256 g/mol. The van der Waals surface area contributed by atoms with E-state index in [1.165, 1.54) is 0 Å². The van der Waals surface area contributed by atoms with E-state index in [1.54, 1.807) is 0 Å². The molecule has 2 atom stereocenters. The minimum Gasteiger partial charge on any atom is -0.369 e. The van der Waals surface area contributed by atoms with Crippen LogP contribution in [0.5, 0.6) is 0 Å². The van der Waals surface area contributed by atoms with Gasteiger partial charge in [0.1, 0.15) is 0 Å². The van der Waals surface area contributed by atoms with Gasteiger partial charge >= 0.3 is 0 Å². The zero-order chi connectivity index (χ0) is 14.5. The molecule has 2 fully saturated rings. The Balaban J connectivity index is 1.74. The highest BCUT2D eigenvalue weighted by atomic mass is 16.2. The van der Waals surface area contributed by atoms with Crippen LogP contribution < -0.4 is 16.8 Å². The number of primary amides is 1. The first-order valence-corrected chi connectivity index (χ1v) is 7.63. The van der Waals surface area contributed by atoms with E-state index in [0.717, 1.165) is 51.6 Å². The van der Waals surface area contributed by atoms with Crippen LogP contribution >= 0.6 is 0 Å². The Labute approximate surface area is 120 Å². The predicted molar refractivity (Wildman–Crippen MR) is 76.7 cm³/mol. The molecule has 1 heterocycles. The van der Waals surface area contributed by atoms with Gasteiger partial charge in [-0.1, -0.05) is 12.8 Å². The largest absolute Gasteiger partial charge is 0.369 e. The molecule has 2 unspecified atom stereocenters. The molecule has 6 nitrogen and oxygen atoms in total. The van der Waals surface area contributed by atoms with Gasteiger partial charge in [-0.25, -0.2) is 0 Å². The fourth-order valence-corrected chi connectivity index (χ4v) is 3.25. The summed E-state index contributed by atoms with van der Waals surface area (Å²) in [6, 6.07) is 0.222. The molecule has 5 N–H and O–H groups in total. The molecule has 0 spiro atoms. The second-order valence-electron chi connectivity index (χ2n) is 6.08. The topological polar surface area (TPSA) is 101 Å². The van der Waals surface area contributed by atoms with Crippen molar-refractivity contribution < 1.29 is 9.59 Å². The molecule has 0 aromatic heterocycles. The number of hydrogen-bond donors (Lipinski definition) is 3. The zero-order valence-electron chi connectivity index (χ0n) is 12.0. The van der Waals surface area contributed by atoms with Gasteiger partial charge in [0.2, 0.25) is 11.8 Å². The van der Waals surface area contributed by atoms with Crippen LogP contribution in [-0.2, 0) is 9.59 Å². The normalized spacial score (nSPS) is 29.1. The lowest BCUT2D eigenvalue weighted by Crippen LogP contribution is -2.50. The minimum atomic E-state index is -0.291. The molecule has 1 saturated heterocycles. The predicted octanol–water partition coefficient (Wildman–Crippen LogP) is -0.430. The maximum Gasteiger partial charge on any atom is 0.231 e. The molecule has 6 heteroatoms. The van der Waals surface area contributed by atoms with E-state index in [0.29, 0.717) is 6.54 Å². The second-order valence-corrected chi connectivity index (χ2v) is 6.08. The van der Waals surface area contributed by atoms with Gasteiger partial charge < -0.3 is 16.8 Å². The maximum absolute atomic E-state index is 12.3. The molecule has 0 radical (unpaired) electrons. The second kappa shape index (κ2) is 7.04. The zero-order valence-corrected chi connectivity index (χ0v) is 12.0. The number of carbonyl (C=O) groups is 2. The van der Waals surface area contributed by atoms with Crippen LogP contribution in [-0.4, -0.2) is 48.4 Å². The van der Waals surface area contributed by atoms with Crippen LogP contribution in [0.4, 0.5) is 0 Å². The molecule has 2 amide bonds. The van der Waals surface area contributed by atoms with Crippen LogP contribution in [0.1, 0.15) is 38.5 Å². The summed E-state index contributed by atoms with van der Waals surface area (Å²) in [6.07, 6.45) is 5.85. The number of carbonyl (C=O) groups excluding carboxylic acids is 2. The van der Waals surface area contributed by atoms with Gasteiger partial charge in [-0.05, 0) is 25.7 Å². The van der Waals surface area contributed by atoms with E-state index in [4.69, 9.17) is 11.5 Å². The Morgan fingerprint density at radius 3 is 2.35 bits per heavy atom. The van der Waals surface area contributed by atoms with E-state index in [-0.39, 0.29) is 29.8 Å². The van der Waals surface area contributed by atoms with Crippen molar-refractivity contribution >= 4 is 11.8 Å². The van der Waals surface area contributed by atoms with Crippen molar-refractivity contribution in [3.8, 4) is 0 Å². The quantitative estimate of drug-likeness (QED) is 0.651. The van der Waals surface area contributed by atoms with Gasteiger partial charge in [-0.15, -0.1) is 0 Å². The van der Waals surface area contributed by atoms with Gasteiger partial charge in [0, 0.05) is 25.2 Å². The lowest BCUT2D eigenvalue weighted by molar-refractivity contribution is -0.127. The van der Waals surface area contributed by atoms with E-state index in [9.17, 15) is 9.59 Å². The average Bonchev–Trinajstić information content (AvgIpc) is 2.41. The third kappa shape index (κ3) is 4.18. The van der Waals surface area contributed by atoms with Gasteiger partial charge in [-0.3, -0.25) is 14.5 Å². The van der Waals surface area contributed by atoms with Crippen LogP contribution in [0.25, 0.3) is 0 Å². The van der Waals surface area contributed by atoms with Crippen molar-refractivity contribution in [2.24, 2.45) is 17.4 Å². The monoisotopic (exact) mass is 282 g/mol. The number of amides is 2. The summed E-state index contributed by atoms with van der Waals surface area (Å²) in [5.41, 5.74) is 11.2. The summed E-state index contributed by atoms with van der Waals surface area (Å²) in [6.45, 7) is 1.93. The first kappa shape index (κ1) is 15.3. The molecule has 2 rings (SSSR count). The van der Waals surface area contributed by atoms with Crippen LogP contribution in [0.15, 0.2) is 0 Å². The summed E-state index contributed by atoms with van der Waals surface area (Å²) >= 11 is 0. The fourth-order valence-electron chi connectivity index (χ4n) is 3.25. The number of nitrogens with zero attached hydrogens (tertiary/aromatic N) is 1. The molecule has 2 aliphatic rings. The molecule has 1 aliphatic heterocycles. The number of nitrogens with one attached hydrogen (secondary N) is 1. The summed E-state index contributed by atoms with van der Waals surface area (Å²) in [4.78, 5) is 25.2. The lowest BCUT2D eigenvalue weighted by Gasteiger charge is -2.34. The Bertz CT molecular complexity index is 353. The molecular formula is C14H26N4O2. The number of piperidine rings is 1. The van der Waals surface area contributed by atoms with E-state index < -0.39 is 0 Å². The molecule has 1 aliphatic carbocycles. The first-order valence-electron chi connectivity index (χ1n) is 7.63. The molecule has 0 aromatic rings. The third-order valence-electron chi connectivity index (χ3n) is 4.47. The van der Waals surface area contributed by atoms with Crippen molar-refractivity contribution in [2.75, 3.05) is 19.6 Å². The summed E-state index contributed by atoms with van der Waals surface area (Å²) in [5, 5.41) is 3.13. The Morgan fingerprint density at radius 1 is 1.10 bits per heavy atom. The standard InChI is InChI=1S/C14H26N4O2/c15-12-4-2-1-3-11(12)14(20)17-10-5-7-18(8-6-10)9-13(16)19/h10-12H,1-9,15H2,(H2,16,19)(H,17,20). The van der Waals surface area contributed by atoms with Crippen LogP contribution in [0, 0.1) is 5.92 Å². The summed E-state index contributed by atoms with van der Waals surface area (Å²) in [5.74, 6) is -0.196. The number of rotatable bonds is 4. The van der Waals surface area contributed by atoms with Crippen molar-refractivity contribution in [2.45, 2.75) is 50.6 Å². The Hall–Kier alpha value is -1.14. The summed E-state index contributed by atoms with van der Waals surface area (Å²) in [7, 11) is 0. The van der Waals surface area contributed by atoms with Crippen LogP contribution in [0.2, 0.25) is 0 Å².